The lowest BCUT2D eigenvalue weighted by Crippen LogP contribution is -2.50. The smallest absolute Gasteiger partial charge is 0.408 e. The second-order valence-corrected chi connectivity index (χ2v) is 11.4. The maximum absolute atomic E-state index is 14.1. The first kappa shape index (κ1) is 31.7. The number of nitrogens with one attached hydrogen (secondary N) is 2. The van der Waals surface area contributed by atoms with Gasteiger partial charge >= 0.3 is 6.09 Å². The minimum atomic E-state index is -1.08. The molecule has 39 heavy (non-hydrogen) atoms. The maximum atomic E-state index is 14.1. The van der Waals surface area contributed by atoms with Crippen LogP contribution < -0.4 is 10.6 Å². The number of rotatable bonds is 10. The molecule has 2 N–H and O–H groups in total. The molecule has 2 rings (SSSR count). The van der Waals surface area contributed by atoms with E-state index in [1.807, 2.05) is 19.9 Å². The number of alkyl carbamates (subject to hydrolysis) is 1. The number of aryl methyl sites for hydroxylation is 1. The van der Waals surface area contributed by atoms with Gasteiger partial charge in [0.05, 0.1) is 10.7 Å². The Hall–Kier alpha value is -3.50. The predicted octanol–water partition coefficient (Wildman–Crippen LogP) is 6.49. The van der Waals surface area contributed by atoms with Crippen LogP contribution in [0.25, 0.3) is 0 Å². The summed E-state index contributed by atoms with van der Waals surface area (Å²) in [5.41, 5.74) is 1.50. The lowest BCUT2D eigenvalue weighted by Gasteiger charge is -2.37. The molecule has 0 aliphatic rings. The quantitative estimate of drug-likeness (QED) is 0.329. The predicted molar refractivity (Wildman–Crippen MR) is 157 cm³/mol. The number of halogens is 1. The number of anilines is 1. The molecule has 2 aromatic carbocycles. The zero-order chi connectivity index (χ0) is 29.3. The molecule has 3 amide bonds. The van der Waals surface area contributed by atoms with Gasteiger partial charge in [-0.1, -0.05) is 61.7 Å². The molecule has 7 nitrogen and oxygen atoms in total. The van der Waals surface area contributed by atoms with Crippen molar-refractivity contribution in [2.24, 2.45) is 5.92 Å². The van der Waals surface area contributed by atoms with E-state index >= 15 is 0 Å². The Labute approximate surface area is 237 Å². The van der Waals surface area contributed by atoms with E-state index in [1.54, 1.807) is 57.2 Å². The molecule has 0 aromatic heterocycles. The van der Waals surface area contributed by atoms with Crippen LogP contribution in [0.2, 0.25) is 5.02 Å². The van der Waals surface area contributed by atoms with Crippen molar-refractivity contribution in [1.82, 2.24) is 10.2 Å². The van der Waals surface area contributed by atoms with Crippen molar-refractivity contribution in [2.75, 3.05) is 11.9 Å². The van der Waals surface area contributed by atoms with Crippen molar-refractivity contribution >= 4 is 35.2 Å². The van der Waals surface area contributed by atoms with Gasteiger partial charge in [-0.05, 0) is 76.6 Å². The minimum Gasteiger partial charge on any atom is -0.444 e. The van der Waals surface area contributed by atoms with Crippen LogP contribution >= 0.6 is 11.6 Å². The first-order chi connectivity index (χ1) is 18.2. The van der Waals surface area contributed by atoms with Crippen molar-refractivity contribution < 1.29 is 19.1 Å². The third-order valence-electron chi connectivity index (χ3n) is 6.12. The van der Waals surface area contributed by atoms with Gasteiger partial charge in [0.1, 0.15) is 18.2 Å². The fourth-order valence-corrected chi connectivity index (χ4v) is 4.45. The normalized spacial score (nSPS) is 12.7. The molecule has 0 spiro atoms. The van der Waals surface area contributed by atoms with Crippen molar-refractivity contribution in [3.63, 3.8) is 0 Å². The van der Waals surface area contributed by atoms with E-state index in [9.17, 15) is 14.4 Å². The fourth-order valence-electron chi connectivity index (χ4n) is 4.18. The molecule has 0 fully saturated rings. The Balaban J connectivity index is 2.57. The highest BCUT2D eigenvalue weighted by atomic mass is 35.5. The Morgan fingerprint density at radius 2 is 1.72 bits per heavy atom. The van der Waals surface area contributed by atoms with Crippen LogP contribution in [0.4, 0.5) is 10.5 Å². The molecule has 2 atom stereocenters. The highest BCUT2D eigenvalue weighted by Gasteiger charge is 2.36. The topological polar surface area (TPSA) is 87.7 Å². The average Bonchev–Trinajstić information content (AvgIpc) is 2.85. The van der Waals surface area contributed by atoms with Gasteiger partial charge in [0, 0.05) is 11.6 Å². The summed E-state index contributed by atoms with van der Waals surface area (Å²) in [4.78, 5) is 41.7. The summed E-state index contributed by atoms with van der Waals surface area (Å²) in [6.45, 7) is 12.8. The summed E-state index contributed by atoms with van der Waals surface area (Å²) in [6, 6.07) is 10.9. The highest BCUT2D eigenvalue weighted by Crippen LogP contribution is 2.32. The van der Waals surface area contributed by atoms with Crippen molar-refractivity contribution in [3.05, 3.63) is 64.2 Å². The standard InChI is InChI=1S/C31H40ClN3O4/c1-9-23-14-10-11-15-24(23)28(29(37)34-27-21(4)13-12-16-25(27)32)35(22(5)18-17-20(2)3)26(36)19-33-30(38)39-31(6,7)8/h1,10-16,20,22,28H,17-19H2,2-8H3,(H,33,38)(H,34,37). The van der Waals surface area contributed by atoms with E-state index in [4.69, 9.17) is 22.8 Å². The number of carbonyl (C=O) groups excluding carboxylic acids is 3. The molecule has 2 unspecified atom stereocenters. The number of amides is 3. The van der Waals surface area contributed by atoms with Crippen molar-refractivity contribution in [2.45, 2.75) is 79.0 Å². The van der Waals surface area contributed by atoms with Gasteiger partial charge in [0.25, 0.3) is 5.91 Å². The molecule has 8 heteroatoms. The first-order valence-electron chi connectivity index (χ1n) is 13.1. The summed E-state index contributed by atoms with van der Waals surface area (Å²) in [6.07, 6.45) is 6.57. The number of carbonyl (C=O) groups is 3. The Kier molecular flexibility index (Phi) is 11.4. The van der Waals surface area contributed by atoms with E-state index in [1.165, 1.54) is 4.90 Å². The number of para-hydroxylation sites is 1. The van der Waals surface area contributed by atoms with E-state index in [0.29, 0.717) is 34.2 Å². The van der Waals surface area contributed by atoms with Gasteiger partial charge in [-0.3, -0.25) is 9.59 Å². The number of terminal acetylenes is 1. The maximum Gasteiger partial charge on any atom is 0.408 e. The van der Waals surface area contributed by atoms with Crippen LogP contribution in [0, 0.1) is 25.2 Å². The first-order valence-corrected chi connectivity index (χ1v) is 13.5. The zero-order valence-electron chi connectivity index (χ0n) is 23.9. The van der Waals surface area contributed by atoms with Crippen LogP contribution in [0.5, 0.6) is 0 Å². The van der Waals surface area contributed by atoms with Crippen LogP contribution in [0.1, 0.15) is 77.1 Å². The average molecular weight is 554 g/mol. The third kappa shape index (κ3) is 9.33. The van der Waals surface area contributed by atoms with Crippen LogP contribution in [-0.2, 0) is 14.3 Å². The largest absolute Gasteiger partial charge is 0.444 e. The third-order valence-corrected chi connectivity index (χ3v) is 6.43. The minimum absolute atomic E-state index is 0.353. The van der Waals surface area contributed by atoms with E-state index in [-0.39, 0.29) is 12.6 Å². The SMILES string of the molecule is C#Cc1ccccc1C(C(=O)Nc1c(C)cccc1Cl)N(C(=O)CNC(=O)OC(C)(C)C)C(C)CCC(C)C. The van der Waals surface area contributed by atoms with E-state index in [0.717, 1.165) is 12.0 Å². The zero-order valence-corrected chi connectivity index (χ0v) is 24.7. The van der Waals surface area contributed by atoms with Crippen LogP contribution in [0.15, 0.2) is 42.5 Å². The molecule has 0 aliphatic heterocycles. The summed E-state index contributed by atoms with van der Waals surface area (Å²) in [5.74, 6) is 2.13. The molecule has 0 aliphatic carbocycles. The highest BCUT2D eigenvalue weighted by molar-refractivity contribution is 6.34. The Morgan fingerprint density at radius 1 is 1.05 bits per heavy atom. The molecule has 0 bridgehead atoms. The molecule has 0 saturated carbocycles. The fraction of sp³-hybridized carbons (Fsp3) is 0.452. The summed E-state index contributed by atoms with van der Waals surface area (Å²) in [5, 5.41) is 5.85. The van der Waals surface area contributed by atoms with Gasteiger partial charge in [-0.2, -0.15) is 0 Å². The molecule has 0 radical (unpaired) electrons. The molecule has 210 valence electrons. The van der Waals surface area contributed by atoms with Gasteiger partial charge < -0.3 is 20.3 Å². The van der Waals surface area contributed by atoms with Crippen molar-refractivity contribution in [3.8, 4) is 12.3 Å². The number of ether oxygens (including phenoxy) is 1. The van der Waals surface area contributed by atoms with E-state index < -0.39 is 29.6 Å². The Morgan fingerprint density at radius 3 is 2.31 bits per heavy atom. The number of nitrogens with zero attached hydrogens (tertiary/aromatic N) is 1. The molecule has 0 heterocycles. The summed E-state index contributed by atoms with van der Waals surface area (Å²) in [7, 11) is 0. The summed E-state index contributed by atoms with van der Waals surface area (Å²) >= 11 is 6.42. The van der Waals surface area contributed by atoms with Crippen LogP contribution in [-0.4, -0.2) is 41.0 Å². The number of benzene rings is 2. The monoisotopic (exact) mass is 553 g/mol. The second kappa shape index (κ2) is 14.0. The van der Waals surface area contributed by atoms with Gasteiger partial charge in [0.15, 0.2) is 0 Å². The molecular weight excluding hydrogens is 514 g/mol. The van der Waals surface area contributed by atoms with Crippen molar-refractivity contribution in [1.29, 1.82) is 0 Å². The number of hydrogen-bond donors (Lipinski definition) is 2. The van der Waals surface area contributed by atoms with E-state index in [2.05, 4.69) is 30.4 Å². The second-order valence-electron chi connectivity index (χ2n) is 11.0. The Bertz CT molecular complexity index is 1190. The van der Waals surface area contributed by atoms with Crippen LogP contribution in [0.3, 0.4) is 0 Å². The number of hydrogen-bond acceptors (Lipinski definition) is 4. The van der Waals surface area contributed by atoms with Gasteiger partial charge in [0.2, 0.25) is 5.91 Å². The van der Waals surface area contributed by atoms with Gasteiger partial charge in [-0.15, -0.1) is 6.42 Å². The molecule has 0 saturated heterocycles. The lowest BCUT2D eigenvalue weighted by molar-refractivity contribution is -0.141. The lowest BCUT2D eigenvalue weighted by atomic mass is 9.95. The van der Waals surface area contributed by atoms with Gasteiger partial charge in [-0.25, -0.2) is 4.79 Å². The summed E-state index contributed by atoms with van der Waals surface area (Å²) < 4.78 is 5.30. The molecule has 2 aromatic rings. The molecular formula is C31H40ClN3O4.